The molecule has 0 aliphatic heterocycles. The topological polar surface area (TPSA) is 26.3 Å². The molecule has 0 aliphatic rings. The summed E-state index contributed by atoms with van der Waals surface area (Å²) in [5.74, 6) is -4.93. The van der Waals surface area contributed by atoms with E-state index in [2.05, 4.69) is 4.74 Å². The average Bonchev–Trinajstić information content (AvgIpc) is 2.28. The molecule has 0 radical (unpaired) electrons. The SMILES string of the molecule is CCOC(=O)/C(F)=C(\F)c1ccc(F)cc1. The van der Waals surface area contributed by atoms with Gasteiger partial charge in [-0.05, 0) is 31.2 Å². The normalized spacial score (nSPS) is 12.0. The van der Waals surface area contributed by atoms with Gasteiger partial charge in [-0.2, -0.15) is 4.39 Å². The lowest BCUT2D eigenvalue weighted by Gasteiger charge is -2.01. The number of rotatable bonds is 3. The Hall–Kier alpha value is -1.78. The van der Waals surface area contributed by atoms with Crippen molar-refractivity contribution in [2.24, 2.45) is 0 Å². The largest absolute Gasteiger partial charge is 0.461 e. The highest BCUT2D eigenvalue weighted by atomic mass is 19.2. The Kier molecular flexibility index (Phi) is 4.10. The van der Waals surface area contributed by atoms with Crippen LogP contribution in [0.1, 0.15) is 12.5 Å². The van der Waals surface area contributed by atoms with E-state index in [1.807, 2.05) is 0 Å². The van der Waals surface area contributed by atoms with Gasteiger partial charge in [0.25, 0.3) is 0 Å². The van der Waals surface area contributed by atoms with Crippen molar-refractivity contribution in [3.63, 3.8) is 0 Å². The van der Waals surface area contributed by atoms with Crippen LogP contribution in [0.15, 0.2) is 30.1 Å². The maximum Gasteiger partial charge on any atom is 0.370 e. The number of carbonyl (C=O) groups excluding carboxylic acids is 1. The van der Waals surface area contributed by atoms with Crippen LogP contribution < -0.4 is 0 Å². The van der Waals surface area contributed by atoms with E-state index < -0.39 is 23.4 Å². The minimum Gasteiger partial charge on any atom is -0.461 e. The van der Waals surface area contributed by atoms with Gasteiger partial charge in [0.05, 0.1) is 6.61 Å². The van der Waals surface area contributed by atoms with Crippen molar-refractivity contribution in [1.82, 2.24) is 0 Å². The fraction of sp³-hybridized carbons (Fsp3) is 0.182. The van der Waals surface area contributed by atoms with Crippen molar-refractivity contribution in [3.8, 4) is 0 Å². The Bertz CT molecular complexity index is 410. The maximum absolute atomic E-state index is 13.3. The summed E-state index contributed by atoms with van der Waals surface area (Å²) >= 11 is 0. The fourth-order valence-corrected chi connectivity index (χ4v) is 1.01. The van der Waals surface area contributed by atoms with Gasteiger partial charge in [-0.15, -0.1) is 0 Å². The van der Waals surface area contributed by atoms with Gasteiger partial charge in [0.1, 0.15) is 5.82 Å². The summed E-state index contributed by atoms with van der Waals surface area (Å²) in [6.07, 6.45) is 0. The van der Waals surface area contributed by atoms with Gasteiger partial charge < -0.3 is 4.74 Å². The second kappa shape index (κ2) is 5.34. The molecule has 1 aromatic carbocycles. The smallest absolute Gasteiger partial charge is 0.370 e. The van der Waals surface area contributed by atoms with E-state index in [-0.39, 0.29) is 12.2 Å². The maximum atomic E-state index is 13.3. The van der Waals surface area contributed by atoms with Gasteiger partial charge in [0.2, 0.25) is 5.83 Å². The molecule has 1 aromatic rings. The second-order valence-electron chi connectivity index (χ2n) is 2.86. The zero-order chi connectivity index (χ0) is 12.1. The van der Waals surface area contributed by atoms with Crippen LogP contribution in [0.2, 0.25) is 0 Å². The van der Waals surface area contributed by atoms with E-state index in [1.54, 1.807) is 0 Å². The monoisotopic (exact) mass is 230 g/mol. The van der Waals surface area contributed by atoms with E-state index in [0.717, 1.165) is 24.3 Å². The summed E-state index contributed by atoms with van der Waals surface area (Å²) in [4.78, 5) is 10.9. The van der Waals surface area contributed by atoms with Crippen LogP contribution >= 0.6 is 0 Å². The minimum atomic E-state index is -1.62. The summed E-state index contributed by atoms with van der Waals surface area (Å²) in [5, 5.41) is 0. The molecule has 1 rings (SSSR count). The highest BCUT2D eigenvalue weighted by Crippen LogP contribution is 2.22. The summed E-state index contributed by atoms with van der Waals surface area (Å²) in [7, 11) is 0. The summed E-state index contributed by atoms with van der Waals surface area (Å²) in [6, 6.07) is 3.99. The van der Waals surface area contributed by atoms with Crippen LogP contribution in [0.5, 0.6) is 0 Å². The molecule has 0 amide bonds. The van der Waals surface area contributed by atoms with E-state index in [4.69, 9.17) is 0 Å². The Morgan fingerprint density at radius 2 is 1.81 bits per heavy atom. The van der Waals surface area contributed by atoms with Crippen molar-refractivity contribution >= 4 is 11.8 Å². The van der Waals surface area contributed by atoms with Gasteiger partial charge in [-0.25, -0.2) is 13.6 Å². The van der Waals surface area contributed by atoms with Crippen LogP contribution in [0.25, 0.3) is 5.83 Å². The number of ether oxygens (including phenoxy) is 1. The van der Waals surface area contributed by atoms with Crippen molar-refractivity contribution in [1.29, 1.82) is 0 Å². The van der Waals surface area contributed by atoms with Crippen LogP contribution in [-0.2, 0) is 9.53 Å². The molecule has 0 unspecified atom stereocenters. The quantitative estimate of drug-likeness (QED) is 0.589. The second-order valence-corrected chi connectivity index (χ2v) is 2.86. The molecule has 0 aliphatic carbocycles. The lowest BCUT2D eigenvalue weighted by atomic mass is 10.2. The van der Waals surface area contributed by atoms with Gasteiger partial charge in [-0.3, -0.25) is 0 Å². The molecular formula is C11H9F3O2. The molecule has 2 nitrogen and oxygen atoms in total. The molecule has 86 valence electrons. The molecule has 0 bridgehead atoms. The third-order valence-corrected chi connectivity index (χ3v) is 1.75. The summed E-state index contributed by atoms with van der Waals surface area (Å²) < 4.78 is 43.2. The first-order valence-electron chi connectivity index (χ1n) is 4.54. The number of carbonyl (C=O) groups is 1. The Balaban J connectivity index is 2.99. The number of halogens is 3. The lowest BCUT2D eigenvalue weighted by molar-refractivity contribution is -0.140. The summed E-state index contributed by atoms with van der Waals surface area (Å²) in [5.41, 5.74) is -0.216. The molecule has 16 heavy (non-hydrogen) atoms. The number of esters is 1. The van der Waals surface area contributed by atoms with Crippen molar-refractivity contribution in [3.05, 3.63) is 41.5 Å². The zero-order valence-corrected chi connectivity index (χ0v) is 8.47. The first-order chi connectivity index (χ1) is 7.56. The molecule has 0 spiro atoms. The molecule has 0 saturated heterocycles. The minimum absolute atomic E-state index is 0.0526. The molecule has 0 atom stereocenters. The van der Waals surface area contributed by atoms with E-state index in [9.17, 15) is 18.0 Å². The zero-order valence-electron chi connectivity index (χ0n) is 8.47. The van der Waals surface area contributed by atoms with Crippen LogP contribution in [0, 0.1) is 5.82 Å². The molecule has 0 fully saturated rings. The average molecular weight is 230 g/mol. The summed E-state index contributed by atoms with van der Waals surface area (Å²) in [6.45, 7) is 1.42. The van der Waals surface area contributed by atoms with Crippen molar-refractivity contribution < 1.29 is 22.7 Å². The molecule has 0 heterocycles. The first-order valence-corrected chi connectivity index (χ1v) is 4.54. The van der Waals surface area contributed by atoms with Gasteiger partial charge in [0.15, 0.2) is 5.83 Å². The van der Waals surface area contributed by atoms with Crippen molar-refractivity contribution in [2.75, 3.05) is 6.61 Å². The van der Waals surface area contributed by atoms with Crippen molar-refractivity contribution in [2.45, 2.75) is 6.92 Å². The fourth-order valence-electron chi connectivity index (χ4n) is 1.01. The predicted molar refractivity (Wildman–Crippen MR) is 52.2 cm³/mol. The van der Waals surface area contributed by atoms with Crippen LogP contribution in [0.3, 0.4) is 0 Å². The van der Waals surface area contributed by atoms with E-state index >= 15 is 0 Å². The number of hydrogen-bond donors (Lipinski definition) is 0. The first kappa shape index (κ1) is 12.3. The lowest BCUT2D eigenvalue weighted by Crippen LogP contribution is -2.05. The highest BCUT2D eigenvalue weighted by molar-refractivity contribution is 5.93. The molecule has 0 N–H and O–H groups in total. The number of hydrogen-bond acceptors (Lipinski definition) is 2. The van der Waals surface area contributed by atoms with Gasteiger partial charge in [0, 0.05) is 5.56 Å². The van der Waals surface area contributed by atoms with E-state index in [1.165, 1.54) is 6.92 Å². The highest BCUT2D eigenvalue weighted by Gasteiger charge is 2.18. The van der Waals surface area contributed by atoms with Crippen LogP contribution in [-0.4, -0.2) is 12.6 Å². The molecule has 0 aromatic heterocycles. The number of benzene rings is 1. The Morgan fingerprint density at radius 1 is 1.25 bits per heavy atom. The molecule has 0 saturated carbocycles. The Morgan fingerprint density at radius 3 is 2.31 bits per heavy atom. The molecular weight excluding hydrogens is 221 g/mol. The third kappa shape index (κ3) is 2.85. The third-order valence-electron chi connectivity index (χ3n) is 1.75. The molecule has 5 heteroatoms. The van der Waals surface area contributed by atoms with Crippen LogP contribution in [0.4, 0.5) is 13.2 Å². The standard InChI is InChI=1S/C11H9F3O2/c1-2-16-11(15)10(14)9(13)7-3-5-8(12)6-4-7/h3-6H,2H2,1H3/b10-9+. The Labute approximate surface area is 90.3 Å². The van der Waals surface area contributed by atoms with Gasteiger partial charge >= 0.3 is 5.97 Å². The van der Waals surface area contributed by atoms with Gasteiger partial charge in [-0.1, -0.05) is 0 Å². The van der Waals surface area contributed by atoms with E-state index in [0.29, 0.717) is 0 Å². The predicted octanol–water partition coefficient (Wildman–Crippen LogP) is 3.00.